The SMILES string of the molecule is CCCC=C(NC1CCc2cc(Sc3cc4ccccc4[nH]3)ccc21)C(F)(F)F. The van der Waals surface area contributed by atoms with Gasteiger partial charge in [0.1, 0.15) is 5.70 Å². The lowest BCUT2D eigenvalue weighted by Crippen LogP contribution is -2.29. The number of aromatic nitrogens is 1. The van der Waals surface area contributed by atoms with Gasteiger partial charge in [-0.15, -0.1) is 0 Å². The number of aromatic amines is 1. The van der Waals surface area contributed by atoms with Crippen molar-refractivity contribution >= 4 is 22.7 Å². The molecule has 2 aromatic carbocycles. The number of halogens is 3. The van der Waals surface area contributed by atoms with Gasteiger partial charge in [0.25, 0.3) is 0 Å². The van der Waals surface area contributed by atoms with E-state index in [2.05, 4.69) is 28.5 Å². The highest BCUT2D eigenvalue weighted by atomic mass is 32.2. The number of hydrogen-bond acceptors (Lipinski definition) is 2. The Morgan fingerprint density at radius 3 is 2.79 bits per heavy atom. The number of hydrogen-bond donors (Lipinski definition) is 2. The molecule has 0 saturated heterocycles. The Hall–Kier alpha value is -2.34. The fourth-order valence-electron chi connectivity index (χ4n) is 3.77. The zero-order chi connectivity index (χ0) is 20.4. The van der Waals surface area contributed by atoms with E-state index >= 15 is 0 Å². The molecule has 6 heteroatoms. The molecule has 1 aliphatic rings. The first-order chi connectivity index (χ1) is 13.9. The molecule has 0 bridgehead atoms. The van der Waals surface area contributed by atoms with E-state index in [1.165, 1.54) is 11.5 Å². The van der Waals surface area contributed by atoms with Crippen LogP contribution in [0.3, 0.4) is 0 Å². The molecule has 0 spiro atoms. The number of para-hydroxylation sites is 1. The monoisotopic (exact) mass is 416 g/mol. The van der Waals surface area contributed by atoms with E-state index in [9.17, 15) is 13.2 Å². The quantitative estimate of drug-likeness (QED) is 0.447. The molecule has 2 nitrogen and oxygen atoms in total. The third kappa shape index (κ3) is 4.47. The van der Waals surface area contributed by atoms with Crippen LogP contribution in [0.15, 0.2) is 70.2 Å². The second kappa shape index (κ2) is 8.19. The Labute approximate surface area is 172 Å². The van der Waals surface area contributed by atoms with Crippen LogP contribution in [0.5, 0.6) is 0 Å². The van der Waals surface area contributed by atoms with Crippen molar-refractivity contribution in [1.82, 2.24) is 10.3 Å². The van der Waals surface area contributed by atoms with Gasteiger partial charge in [0.05, 0.1) is 11.1 Å². The summed E-state index contributed by atoms with van der Waals surface area (Å²) >= 11 is 1.64. The minimum absolute atomic E-state index is 0.290. The maximum Gasteiger partial charge on any atom is 0.430 e. The fourth-order valence-corrected chi connectivity index (χ4v) is 4.71. The number of allylic oxidation sites excluding steroid dienone is 2. The predicted octanol–water partition coefficient (Wildman–Crippen LogP) is 7.14. The molecule has 0 saturated carbocycles. The minimum Gasteiger partial charge on any atom is -0.374 e. The van der Waals surface area contributed by atoms with Gasteiger partial charge >= 0.3 is 6.18 Å². The van der Waals surface area contributed by atoms with Crippen LogP contribution in [-0.2, 0) is 6.42 Å². The summed E-state index contributed by atoms with van der Waals surface area (Å²) in [6.45, 7) is 1.88. The molecule has 0 radical (unpaired) electrons. The van der Waals surface area contributed by atoms with Gasteiger partial charge in [-0.2, -0.15) is 13.2 Å². The average Bonchev–Trinajstić information content (AvgIpc) is 3.27. The van der Waals surface area contributed by atoms with E-state index < -0.39 is 11.9 Å². The molecule has 0 fully saturated rings. The largest absolute Gasteiger partial charge is 0.430 e. The molecule has 1 aliphatic carbocycles. The molecule has 3 aromatic rings. The molecular formula is C23H23F3N2S. The standard InChI is InChI=1S/C23H23F3N2S/c1-2-3-8-21(23(24,25)26)27-20-12-9-15-13-17(10-11-18(15)20)29-22-14-16-6-4-5-7-19(16)28-22/h4-8,10-11,13-14,20,27-28H,2-3,9,12H2,1H3. The van der Waals surface area contributed by atoms with Gasteiger partial charge in [-0.25, -0.2) is 0 Å². The van der Waals surface area contributed by atoms with Crippen LogP contribution in [0.2, 0.25) is 0 Å². The molecule has 0 amide bonds. The summed E-state index contributed by atoms with van der Waals surface area (Å²) in [6, 6.07) is 16.0. The van der Waals surface area contributed by atoms with E-state index in [1.807, 2.05) is 37.3 Å². The molecule has 4 rings (SSSR count). The number of fused-ring (bicyclic) bond motifs is 2. The number of rotatable bonds is 6. The highest BCUT2D eigenvalue weighted by Crippen LogP contribution is 2.38. The van der Waals surface area contributed by atoms with Crippen LogP contribution in [0.4, 0.5) is 13.2 Å². The molecule has 0 aliphatic heterocycles. The lowest BCUT2D eigenvalue weighted by Gasteiger charge is -2.20. The van der Waals surface area contributed by atoms with Gasteiger partial charge in [0.2, 0.25) is 0 Å². The van der Waals surface area contributed by atoms with Crippen molar-refractivity contribution in [3.05, 3.63) is 71.4 Å². The number of H-pyrrole nitrogens is 1. The van der Waals surface area contributed by atoms with Crippen molar-refractivity contribution in [2.45, 2.75) is 54.7 Å². The van der Waals surface area contributed by atoms with Crippen molar-refractivity contribution < 1.29 is 13.2 Å². The molecular weight excluding hydrogens is 393 g/mol. The first kappa shape index (κ1) is 20.0. The van der Waals surface area contributed by atoms with Crippen LogP contribution in [0.1, 0.15) is 43.4 Å². The summed E-state index contributed by atoms with van der Waals surface area (Å²) < 4.78 is 40.0. The van der Waals surface area contributed by atoms with Gasteiger partial charge in [-0.05, 0) is 54.7 Å². The number of nitrogens with one attached hydrogen (secondary N) is 2. The van der Waals surface area contributed by atoms with E-state index in [0.29, 0.717) is 19.3 Å². The molecule has 1 unspecified atom stereocenters. The van der Waals surface area contributed by atoms with Crippen molar-refractivity contribution in [1.29, 1.82) is 0 Å². The number of alkyl halides is 3. The lowest BCUT2D eigenvalue weighted by atomic mass is 10.1. The normalized spacial score (nSPS) is 17.0. The fraction of sp³-hybridized carbons (Fsp3) is 0.304. The molecule has 1 atom stereocenters. The summed E-state index contributed by atoms with van der Waals surface area (Å²) in [6.07, 6.45) is -0.498. The zero-order valence-electron chi connectivity index (χ0n) is 16.1. The van der Waals surface area contributed by atoms with Gasteiger partial charge in [0.15, 0.2) is 0 Å². The minimum atomic E-state index is -4.34. The van der Waals surface area contributed by atoms with E-state index in [1.54, 1.807) is 11.8 Å². The second-order valence-electron chi connectivity index (χ2n) is 7.32. The van der Waals surface area contributed by atoms with E-state index in [-0.39, 0.29) is 6.04 Å². The molecule has 29 heavy (non-hydrogen) atoms. The number of aryl methyl sites for hydroxylation is 1. The Morgan fingerprint density at radius 2 is 2.03 bits per heavy atom. The van der Waals surface area contributed by atoms with Crippen molar-refractivity contribution in [3.63, 3.8) is 0 Å². The molecule has 1 aromatic heterocycles. The summed E-state index contributed by atoms with van der Waals surface area (Å²) in [5.41, 5.74) is 2.57. The van der Waals surface area contributed by atoms with E-state index in [0.717, 1.165) is 33.0 Å². The first-order valence-electron chi connectivity index (χ1n) is 9.86. The third-order valence-corrected chi connectivity index (χ3v) is 6.13. The van der Waals surface area contributed by atoms with Crippen LogP contribution >= 0.6 is 11.8 Å². The number of unbranched alkanes of at least 4 members (excludes halogenated alkanes) is 1. The Bertz CT molecular complexity index is 1000. The second-order valence-corrected chi connectivity index (χ2v) is 8.44. The van der Waals surface area contributed by atoms with Crippen LogP contribution in [0.25, 0.3) is 10.9 Å². The number of benzene rings is 2. The van der Waals surface area contributed by atoms with Gasteiger partial charge in [-0.3, -0.25) is 0 Å². The van der Waals surface area contributed by atoms with Crippen molar-refractivity contribution in [3.8, 4) is 0 Å². The average molecular weight is 417 g/mol. The first-order valence-corrected chi connectivity index (χ1v) is 10.7. The Morgan fingerprint density at radius 1 is 1.21 bits per heavy atom. The summed E-state index contributed by atoms with van der Waals surface area (Å²) in [5.74, 6) is 0. The summed E-state index contributed by atoms with van der Waals surface area (Å²) in [5, 5.41) is 4.98. The zero-order valence-corrected chi connectivity index (χ0v) is 17.0. The predicted molar refractivity (Wildman–Crippen MR) is 112 cm³/mol. The Kier molecular flexibility index (Phi) is 5.63. The van der Waals surface area contributed by atoms with Gasteiger partial charge in [-0.1, -0.05) is 55.4 Å². The third-order valence-electron chi connectivity index (χ3n) is 5.20. The molecule has 2 N–H and O–H groups in total. The van der Waals surface area contributed by atoms with Crippen LogP contribution in [0, 0.1) is 0 Å². The van der Waals surface area contributed by atoms with Gasteiger partial charge in [0, 0.05) is 15.8 Å². The molecule has 1 heterocycles. The topological polar surface area (TPSA) is 27.8 Å². The summed E-state index contributed by atoms with van der Waals surface area (Å²) in [7, 11) is 0. The van der Waals surface area contributed by atoms with E-state index in [4.69, 9.17) is 0 Å². The highest BCUT2D eigenvalue weighted by molar-refractivity contribution is 7.99. The van der Waals surface area contributed by atoms with Crippen LogP contribution < -0.4 is 5.32 Å². The smallest absolute Gasteiger partial charge is 0.374 e. The maximum atomic E-state index is 13.3. The van der Waals surface area contributed by atoms with Crippen molar-refractivity contribution in [2.24, 2.45) is 0 Å². The summed E-state index contributed by atoms with van der Waals surface area (Å²) in [4.78, 5) is 4.49. The lowest BCUT2D eigenvalue weighted by molar-refractivity contribution is -0.0981. The van der Waals surface area contributed by atoms with Crippen molar-refractivity contribution in [2.75, 3.05) is 0 Å². The molecule has 152 valence electrons. The van der Waals surface area contributed by atoms with Gasteiger partial charge < -0.3 is 10.3 Å². The Balaban J connectivity index is 1.51. The van der Waals surface area contributed by atoms with Crippen LogP contribution in [-0.4, -0.2) is 11.2 Å². The highest BCUT2D eigenvalue weighted by Gasteiger charge is 2.36. The maximum absolute atomic E-state index is 13.3.